The highest BCUT2D eigenvalue weighted by atomic mass is 35.5. The molecule has 3 aromatic rings. The number of amides is 1. The summed E-state index contributed by atoms with van der Waals surface area (Å²) in [5.41, 5.74) is 1.69. The second-order valence-electron chi connectivity index (χ2n) is 6.06. The Balaban J connectivity index is 1.70. The number of anilines is 1. The maximum Gasteiger partial charge on any atom is 0.262 e. The zero-order valence-corrected chi connectivity index (χ0v) is 16.0. The molecule has 6 heteroatoms. The smallest absolute Gasteiger partial charge is 0.262 e. The third-order valence-corrected chi connectivity index (χ3v) is 4.36. The highest BCUT2D eigenvalue weighted by Crippen LogP contribution is 2.31. The Bertz CT molecular complexity index is 929. The summed E-state index contributed by atoms with van der Waals surface area (Å²) in [5.74, 6) is 0.911. The summed E-state index contributed by atoms with van der Waals surface area (Å²) < 4.78 is 10.6. The predicted octanol–water partition coefficient (Wildman–Crippen LogP) is 4.45. The van der Waals surface area contributed by atoms with Crippen molar-refractivity contribution in [2.75, 3.05) is 19.0 Å². The molecule has 2 N–H and O–H groups in total. The van der Waals surface area contributed by atoms with Crippen LogP contribution in [0.1, 0.15) is 17.2 Å². The van der Waals surface area contributed by atoms with E-state index < -0.39 is 6.10 Å². The number of rotatable bonds is 7. The van der Waals surface area contributed by atoms with E-state index in [0.29, 0.717) is 33.3 Å². The van der Waals surface area contributed by atoms with E-state index in [0.717, 1.165) is 0 Å². The molecule has 0 aliphatic carbocycles. The van der Waals surface area contributed by atoms with Crippen LogP contribution in [-0.4, -0.2) is 24.7 Å². The number of aliphatic hydroxyl groups excluding tert-OH is 1. The quantitative estimate of drug-likeness (QED) is 0.618. The lowest BCUT2D eigenvalue weighted by Gasteiger charge is -2.17. The van der Waals surface area contributed by atoms with Crippen molar-refractivity contribution in [3.63, 3.8) is 0 Å². The molecule has 1 amide bonds. The average molecular weight is 398 g/mol. The Morgan fingerprint density at radius 2 is 1.71 bits per heavy atom. The first-order chi connectivity index (χ1) is 13.6. The summed E-state index contributed by atoms with van der Waals surface area (Å²) in [6.45, 7) is -0.171. The molecule has 0 aliphatic heterocycles. The third kappa shape index (κ3) is 5.03. The average Bonchev–Trinajstić information content (AvgIpc) is 2.74. The van der Waals surface area contributed by atoms with Gasteiger partial charge in [-0.2, -0.15) is 0 Å². The fourth-order valence-corrected chi connectivity index (χ4v) is 2.88. The summed E-state index contributed by atoms with van der Waals surface area (Å²) in [5, 5.41) is 14.0. The number of benzene rings is 3. The van der Waals surface area contributed by atoms with Gasteiger partial charge >= 0.3 is 0 Å². The van der Waals surface area contributed by atoms with Crippen LogP contribution in [-0.2, 0) is 4.79 Å². The molecule has 0 radical (unpaired) electrons. The molecule has 144 valence electrons. The Kier molecular flexibility index (Phi) is 6.53. The van der Waals surface area contributed by atoms with Crippen molar-refractivity contribution in [3.05, 3.63) is 88.9 Å². The van der Waals surface area contributed by atoms with Crippen LogP contribution < -0.4 is 14.8 Å². The largest absolute Gasteiger partial charge is 0.497 e. The van der Waals surface area contributed by atoms with E-state index in [1.54, 1.807) is 49.6 Å². The number of halogens is 1. The summed E-state index contributed by atoms with van der Waals surface area (Å²) >= 11 is 6.09. The number of carbonyl (C=O) groups excluding carboxylic acids is 1. The van der Waals surface area contributed by atoms with Gasteiger partial charge in [-0.3, -0.25) is 4.79 Å². The van der Waals surface area contributed by atoms with Crippen molar-refractivity contribution < 1.29 is 19.4 Å². The van der Waals surface area contributed by atoms with Crippen molar-refractivity contribution in [3.8, 4) is 11.5 Å². The summed E-state index contributed by atoms with van der Waals surface area (Å²) in [4.78, 5) is 12.3. The van der Waals surface area contributed by atoms with Gasteiger partial charge in [0.1, 0.15) is 17.6 Å². The van der Waals surface area contributed by atoms with Gasteiger partial charge in [-0.15, -0.1) is 0 Å². The molecule has 1 unspecified atom stereocenters. The third-order valence-electron chi connectivity index (χ3n) is 4.13. The van der Waals surface area contributed by atoms with Crippen LogP contribution in [0.5, 0.6) is 11.5 Å². The predicted molar refractivity (Wildman–Crippen MR) is 109 cm³/mol. The van der Waals surface area contributed by atoms with Crippen LogP contribution >= 0.6 is 11.6 Å². The van der Waals surface area contributed by atoms with Crippen molar-refractivity contribution in [1.29, 1.82) is 0 Å². The van der Waals surface area contributed by atoms with Gasteiger partial charge < -0.3 is 19.9 Å². The zero-order valence-electron chi connectivity index (χ0n) is 15.3. The molecular weight excluding hydrogens is 378 g/mol. The van der Waals surface area contributed by atoms with Gasteiger partial charge in [-0.1, -0.05) is 41.9 Å². The lowest BCUT2D eigenvalue weighted by molar-refractivity contribution is -0.118. The highest BCUT2D eigenvalue weighted by Gasteiger charge is 2.17. The number of methoxy groups -OCH3 is 1. The molecule has 3 rings (SSSR count). The molecule has 5 nitrogen and oxygen atoms in total. The first-order valence-corrected chi connectivity index (χ1v) is 9.04. The molecule has 3 aromatic carbocycles. The van der Waals surface area contributed by atoms with Crippen LogP contribution in [0.3, 0.4) is 0 Å². The van der Waals surface area contributed by atoms with Gasteiger partial charge in [0, 0.05) is 16.3 Å². The molecular formula is C22H20ClNO4. The maximum absolute atomic E-state index is 12.3. The molecule has 28 heavy (non-hydrogen) atoms. The van der Waals surface area contributed by atoms with E-state index in [1.165, 1.54) is 0 Å². The molecule has 1 atom stereocenters. The lowest BCUT2D eigenvalue weighted by Crippen LogP contribution is -2.21. The van der Waals surface area contributed by atoms with Crippen LogP contribution in [0.2, 0.25) is 5.02 Å². The first-order valence-electron chi connectivity index (χ1n) is 8.66. The minimum atomic E-state index is -0.919. The first kappa shape index (κ1) is 19.7. The number of hydrogen-bond acceptors (Lipinski definition) is 4. The zero-order chi connectivity index (χ0) is 19.9. The SMILES string of the molecule is COc1ccc(OCC(=O)Nc2ccc(Cl)cc2C(O)c2ccccc2)cc1. The Morgan fingerprint density at radius 3 is 2.39 bits per heavy atom. The highest BCUT2D eigenvalue weighted by molar-refractivity contribution is 6.30. The van der Waals surface area contributed by atoms with E-state index >= 15 is 0 Å². The number of ether oxygens (including phenoxy) is 2. The van der Waals surface area contributed by atoms with Gasteiger partial charge in [0.05, 0.1) is 7.11 Å². The molecule has 0 aromatic heterocycles. The fraction of sp³-hybridized carbons (Fsp3) is 0.136. The fourth-order valence-electron chi connectivity index (χ4n) is 2.70. The second kappa shape index (κ2) is 9.26. The van der Waals surface area contributed by atoms with Crippen LogP contribution in [0.15, 0.2) is 72.8 Å². The topological polar surface area (TPSA) is 67.8 Å². The summed E-state index contributed by atoms with van der Waals surface area (Å²) in [6, 6.07) is 21.1. The van der Waals surface area contributed by atoms with Crippen molar-refractivity contribution >= 4 is 23.2 Å². The van der Waals surface area contributed by atoms with Crippen LogP contribution in [0.25, 0.3) is 0 Å². The van der Waals surface area contributed by atoms with E-state index in [2.05, 4.69) is 5.32 Å². The van der Waals surface area contributed by atoms with Gasteiger partial charge in [-0.25, -0.2) is 0 Å². The van der Waals surface area contributed by atoms with E-state index in [-0.39, 0.29) is 12.5 Å². The lowest BCUT2D eigenvalue weighted by atomic mass is 10.00. The maximum atomic E-state index is 12.3. The Labute approximate surface area is 168 Å². The number of nitrogens with one attached hydrogen (secondary N) is 1. The molecule has 0 saturated heterocycles. The minimum Gasteiger partial charge on any atom is -0.497 e. The second-order valence-corrected chi connectivity index (χ2v) is 6.49. The molecule has 0 fully saturated rings. The summed E-state index contributed by atoms with van der Waals surface area (Å²) in [7, 11) is 1.58. The van der Waals surface area contributed by atoms with Gasteiger partial charge in [0.25, 0.3) is 5.91 Å². The molecule has 0 aliphatic rings. The van der Waals surface area contributed by atoms with Gasteiger partial charge in [0.2, 0.25) is 0 Å². The van der Waals surface area contributed by atoms with E-state index in [1.807, 2.05) is 30.3 Å². The van der Waals surface area contributed by atoms with Crippen LogP contribution in [0.4, 0.5) is 5.69 Å². The van der Waals surface area contributed by atoms with Crippen LogP contribution in [0, 0.1) is 0 Å². The Morgan fingerprint density at radius 1 is 1.04 bits per heavy atom. The standard InChI is InChI=1S/C22H20ClNO4/c1-27-17-8-10-18(11-9-17)28-14-21(25)24-20-12-7-16(23)13-19(20)22(26)15-5-3-2-4-6-15/h2-13,22,26H,14H2,1H3,(H,24,25). The number of carbonyl (C=O) groups is 1. The van der Waals surface area contributed by atoms with E-state index in [9.17, 15) is 9.90 Å². The van der Waals surface area contributed by atoms with Crippen molar-refractivity contribution in [2.45, 2.75) is 6.10 Å². The normalized spacial score (nSPS) is 11.5. The number of aliphatic hydroxyl groups is 1. The number of hydrogen-bond donors (Lipinski definition) is 2. The Hall–Kier alpha value is -3.02. The van der Waals surface area contributed by atoms with Crippen molar-refractivity contribution in [2.24, 2.45) is 0 Å². The molecule has 0 spiro atoms. The monoisotopic (exact) mass is 397 g/mol. The summed E-state index contributed by atoms with van der Waals surface area (Å²) in [6.07, 6.45) is -0.919. The molecule has 0 heterocycles. The molecule has 0 bridgehead atoms. The van der Waals surface area contributed by atoms with E-state index in [4.69, 9.17) is 21.1 Å². The minimum absolute atomic E-state index is 0.171. The van der Waals surface area contributed by atoms with Gasteiger partial charge in [-0.05, 0) is 48.0 Å². The van der Waals surface area contributed by atoms with Gasteiger partial charge in [0.15, 0.2) is 6.61 Å². The molecule has 0 saturated carbocycles. The van der Waals surface area contributed by atoms with Crippen molar-refractivity contribution in [1.82, 2.24) is 0 Å².